The summed E-state index contributed by atoms with van der Waals surface area (Å²) in [6.45, 7) is 4.44. The number of ether oxygens (including phenoxy) is 1. The monoisotopic (exact) mass is 307 g/mol. The largest absolute Gasteiger partial charge is 0.463 e. The molecule has 0 saturated heterocycles. The second-order valence-corrected chi connectivity index (χ2v) is 4.68. The highest BCUT2D eigenvalue weighted by molar-refractivity contribution is 5.39. The van der Waals surface area contributed by atoms with E-state index in [-0.39, 0.29) is 17.9 Å². The zero-order chi connectivity index (χ0) is 16.0. The average molecular weight is 307 g/mol. The smallest absolute Gasteiger partial charge is 0.406 e. The maximum absolute atomic E-state index is 12.7. The molecule has 0 aliphatic rings. The Morgan fingerprint density at radius 1 is 1.24 bits per heavy atom. The first kappa shape index (κ1) is 17.3. The van der Waals surface area contributed by atoms with Gasteiger partial charge in [-0.2, -0.15) is 28.1 Å². The van der Waals surface area contributed by atoms with Crippen molar-refractivity contribution in [3.8, 4) is 6.01 Å². The van der Waals surface area contributed by atoms with Gasteiger partial charge in [-0.25, -0.2) is 0 Å². The fourth-order valence-corrected chi connectivity index (χ4v) is 1.52. The number of hydrogen-bond acceptors (Lipinski definition) is 6. The van der Waals surface area contributed by atoms with E-state index in [2.05, 4.69) is 20.3 Å². The van der Waals surface area contributed by atoms with Crippen molar-refractivity contribution < 1.29 is 17.9 Å². The van der Waals surface area contributed by atoms with Gasteiger partial charge >= 0.3 is 12.2 Å². The Bertz CT molecular complexity index is 453. The molecule has 0 unspecified atom stereocenters. The summed E-state index contributed by atoms with van der Waals surface area (Å²) in [6.07, 6.45) is -3.60. The van der Waals surface area contributed by atoms with Crippen LogP contribution in [0.3, 0.4) is 0 Å². The molecule has 0 atom stereocenters. The summed E-state index contributed by atoms with van der Waals surface area (Å²) in [4.78, 5) is 13.0. The molecule has 1 heterocycles. The summed E-state index contributed by atoms with van der Waals surface area (Å²) < 4.78 is 43.3. The summed E-state index contributed by atoms with van der Waals surface area (Å²) in [5.74, 6) is 0.103. The second-order valence-electron chi connectivity index (χ2n) is 4.68. The molecule has 0 aliphatic carbocycles. The van der Waals surface area contributed by atoms with E-state index in [0.717, 1.165) is 11.3 Å². The van der Waals surface area contributed by atoms with Crippen molar-refractivity contribution >= 4 is 11.9 Å². The number of nitrogens with one attached hydrogen (secondary N) is 1. The normalized spacial score (nSPS) is 11.6. The van der Waals surface area contributed by atoms with Crippen LogP contribution >= 0.6 is 0 Å². The number of nitrogens with zero attached hydrogens (tertiary/aromatic N) is 4. The summed E-state index contributed by atoms with van der Waals surface area (Å²) in [5, 5.41) is 2.69. The molecule has 9 heteroatoms. The SMILES string of the molecule is CCCOc1nc(NC)nc(N(CC(F)(F)F)C(C)C)n1. The second kappa shape index (κ2) is 7.28. The van der Waals surface area contributed by atoms with Gasteiger partial charge in [0, 0.05) is 13.1 Å². The first-order valence-corrected chi connectivity index (χ1v) is 6.66. The highest BCUT2D eigenvalue weighted by Crippen LogP contribution is 2.23. The highest BCUT2D eigenvalue weighted by atomic mass is 19.4. The minimum atomic E-state index is -4.35. The molecule has 1 aromatic heterocycles. The van der Waals surface area contributed by atoms with Gasteiger partial charge in [-0.3, -0.25) is 0 Å². The summed E-state index contributed by atoms with van der Waals surface area (Å²) in [7, 11) is 1.58. The van der Waals surface area contributed by atoms with Crippen molar-refractivity contribution in [1.82, 2.24) is 15.0 Å². The van der Waals surface area contributed by atoms with Crippen molar-refractivity contribution in [3.05, 3.63) is 0 Å². The van der Waals surface area contributed by atoms with Crippen molar-refractivity contribution in [3.63, 3.8) is 0 Å². The van der Waals surface area contributed by atoms with Gasteiger partial charge in [0.1, 0.15) is 6.54 Å². The van der Waals surface area contributed by atoms with Crippen molar-refractivity contribution in [1.29, 1.82) is 0 Å². The Balaban J connectivity index is 3.11. The first-order valence-electron chi connectivity index (χ1n) is 6.66. The van der Waals surface area contributed by atoms with Crippen LogP contribution in [-0.2, 0) is 0 Å². The Hall–Kier alpha value is -1.80. The Morgan fingerprint density at radius 3 is 2.38 bits per heavy atom. The predicted molar refractivity (Wildman–Crippen MR) is 73.7 cm³/mol. The maximum atomic E-state index is 12.7. The molecule has 120 valence electrons. The van der Waals surface area contributed by atoms with Crippen molar-refractivity contribution in [2.24, 2.45) is 0 Å². The standard InChI is InChI=1S/C12H20F3N5O/c1-5-6-21-11-18-9(16-4)17-10(19-11)20(8(2)3)7-12(13,14)15/h8H,5-7H2,1-4H3,(H,16,17,18,19). The molecule has 1 rings (SSSR count). The van der Waals surface area contributed by atoms with Gasteiger partial charge < -0.3 is 15.0 Å². The van der Waals surface area contributed by atoms with Gasteiger partial charge in [0.15, 0.2) is 0 Å². The fourth-order valence-electron chi connectivity index (χ4n) is 1.52. The van der Waals surface area contributed by atoms with Crippen LogP contribution in [0.25, 0.3) is 0 Å². The van der Waals surface area contributed by atoms with Gasteiger partial charge in [-0.15, -0.1) is 0 Å². The van der Waals surface area contributed by atoms with Crippen LogP contribution in [0.2, 0.25) is 0 Å². The van der Waals surface area contributed by atoms with Crippen LogP contribution in [0.4, 0.5) is 25.1 Å². The molecule has 0 spiro atoms. The number of halogens is 3. The van der Waals surface area contributed by atoms with Crippen LogP contribution in [-0.4, -0.2) is 47.4 Å². The Labute approximate surface area is 121 Å². The minimum absolute atomic E-state index is 0.0130. The zero-order valence-corrected chi connectivity index (χ0v) is 12.5. The molecule has 0 aliphatic heterocycles. The molecule has 0 radical (unpaired) electrons. The van der Waals surface area contributed by atoms with Crippen molar-refractivity contribution in [2.75, 3.05) is 30.4 Å². The van der Waals surface area contributed by atoms with Gasteiger partial charge in [0.05, 0.1) is 6.61 Å². The van der Waals surface area contributed by atoms with Crippen LogP contribution in [0.15, 0.2) is 0 Å². The Kier molecular flexibility index (Phi) is 5.98. The number of anilines is 2. The van der Waals surface area contributed by atoms with E-state index in [9.17, 15) is 13.2 Å². The summed E-state index contributed by atoms with van der Waals surface area (Å²) in [6, 6.07) is -0.406. The Morgan fingerprint density at radius 2 is 1.90 bits per heavy atom. The molecule has 1 N–H and O–H groups in total. The van der Waals surface area contributed by atoms with E-state index in [4.69, 9.17) is 4.74 Å². The molecule has 6 nitrogen and oxygen atoms in total. The van der Waals surface area contributed by atoms with Crippen LogP contribution in [0, 0.1) is 0 Å². The predicted octanol–water partition coefficient (Wildman–Crippen LogP) is 2.48. The highest BCUT2D eigenvalue weighted by Gasteiger charge is 2.33. The molecular formula is C12H20F3N5O. The van der Waals surface area contributed by atoms with Gasteiger partial charge in [0.2, 0.25) is 11.9 Å². The molecule has 1 aromatic rings. The molecule has 0 bridgehead atoms. The lowest BCUT2D eigenvalue weighted by Crippen LogP contribution is -2.40. The lowest BCUT2D eigenvalue weighted by atomic mass is 10.3. The lowest BCUT2D eigenvalue weighted by Gasteiger charge is -2.27. The van der Waals surface area contributed by atoms with E-state index in [1.54, 1.807) is 20.9 Å². The van der Waals surface area contributed by atoms with Crippen LogP contribution in [0.5, 0.6) is 6.01 Å². The van der Waals surface area contributed by atoms with E-state index in [1.165, 1.54) is 0 Å². The number of hydrogen-bond donors (Lipinski definition) is 1. The molecule has 0 aromatic carbocycles. The third-order valence-corrected chi connectivity index (χ3v) is 2.49. The molecule has 21 heavy (non-hydrogen) atoms. The zero-order valence-electron chi connectivity index (χ0n) is 12.5. The van der Waals surface area contributed by atoms with Crippen LogP contribution < -0.4 is 15.0 Å². The number of rotatable bonds is 7. The van der Waals surface area contributed by atoms with E-state index >= 15 is 0 Å². The van der Waals surface area contributed by atoms with Gasteiger partial charge in [-0.05, 0) is 20.3 Å². The average Bonchev–Trinajstić information content (AvgIpc) is 2.40. The molecule has 0 amide bonds. The lowest BCUT2D eigenvalue weighted by molar-refractivity contribution is -0.120. The molecule has 0 fully saturated rings. The number of aromatic nitrogens is 3. The van der Waals surface area contributed by atoms with E-state index < -0.39 is 18.8 Å². The molecular weight excluding hydrogens is 287 g/mol. The van der Waals surface area contributed by atoms with E-state index in [1.807, 2.05) is 6.92 Å². The maximum Gasteiger partial charge on any atom is 0.406 e. The summed E-state index contributed by atoms with van der Waals surface area (Å²) >= 11 is 0. The third-order valence-electron chi connectivity index (χ3n) is 2.49. The van der Waals surface area contributed by atoms with Gasteiger partial charge in [-0.1, -0.05) is 6.92 Å². The molecule has 0 saturated carbocycles. The third kappa shape index (κ3) is 5.60. The van der Waals surface area contributed by atoms with Crippen LogP contribution in [0.1, 0.15) is 27.2 Å². The van der Waals surface area contributed by atoms with Crippen molar-refractivity contribution in [2.45, 2.75) is 39.4 Å². The fraction of sp³-hybridized carbons (Fsp3) is 0.750. The topological polar surface area (TPSA) is 63.2 Å². The first-order chi connectivity index (χ1) is 9.76. The number of alkyl halides is 3. The summed E-state index contributed by atoms with van der Waals surface area (Å²) in [5.41, 5.74) is 0. The minimum Gasteiger partial charge on any atom is -0.463 e. The quantitative estimate of drug-likeness (QED) is 0.835. The van der Waals surface area contributed by atoms with E-state index in [0.29, 0.717) is 6.61 Å². The van der Waals surface area contributed by atoms with Gasteiger partial charge in [0.25, 0.3) is 0 Å².